The average Bonchev–Trinajstić information content (AvgIpc) is 2.18. The first kappa shape index (κ1) is 13.0. The van der Waals surface area contributed by atoms with Crippen LogP contribution in [0.5, 0.6) is 0 Å². The maximum atomic E-state index is 9.77. The van der Waals surface area contributed by atoms with Crippen molar-refractivity contribution >= 4 is 0 Å². The van der Waals surface area contributed by atoms with Crippen molar-refractivity contribution in [1.82, 2.24) is 0 Å². The molecular formula is C13H26O2. The molecule has 1 fully saturated rings. The van der Waals surface area contributed by atoms with E-state index in [1.807, 2.05) is 0 Å². The van der Waals surface area contributed by atoms with E-state index in [0.717, 1.165) is 31.6 Å². The number of rotatable bonds is 5. The lowest BCUT2D eigenvalue weighted by molar-refractivity contribution is -0.0911. The van der Waals surface area contributed by atoms with Gasteiger partial charge in [-0.1, -0.05) is 26.7 Å². The van der Waals surface area contributed by atoms with Crippen LogP contribution in [0.2, 0.25) is 0 Å². The standard InChI is InChI=1S/C13H26O2/c1-10(2)8-9-11(3)15-13-7-5-4-6-12(13)14/h10-14H,4-9H2,1-3H3. The second-order valence-electron chi connectivity index (χ2n) is 5.31. The molecule has 0 bridgehead atoms. The predicted molar refractivity (Wildman–Crippen MR) is 62.9 cm³/mol. The normalized spacial score (nSPS) is 29.4. The second kappa shape index (κ2) is 6.49. The van der Waals surface area contributed by atoms with Gasteiger partial charge in [-0.05, 0) is 38.5 Å². The number of hydrogen-bond donors (Lipinski definition) is 1. The summed E-state index contributed by atoms with van der Waals surface area (Å²) in [5.41, 5.74) is 0. The van der Waals surface area contributed by atoms with Gasteiger partial charge in [0.05, 0.1) is 18.3 Å². The van der Waals surface area contributed by atoms with Crippen LogP contribution < -0.4 is 0 Å². The van der Waals surface area contributed by atoms with Crippen molar-refractivity contribution in [1.29, 1.82) is 0 Å². The summed E-state index contributed by atoms with van der Waals surface area (Å²) in [6.45, 7) is 6.61. The molecule has 3 atom stereocenters. The van der Waals surface area contributed by atoms with E-state index in [1.165, 1.54) is 12.8 Å². The summed E-state index contributed by atoms with van der Waals surface area (Å²) < 4.78 is 5.90. The Labute approximate surface area is 94.0 Å². The summed E-state index contributed by atoms with van der Waals surface area (Å²) in [6, 6.07) is 0. The third kappa shape index (κ3) is 4.98. The summed E-state index contributed by atoms with van der Waals surface area (Å²) in [4.78, 5) is 0. The van der Waals surface area contributed by atoms with Crippen LogP contribution in [0.1, 0.15) is 59.3 Å². The third-order valence-corrected chi connectivity index (χ3v) is 3.23. The lowest BCUT2D eigenvalue weighted by Gasteiger charge is -2.30. The molecule has 1 saturated carbocycles. The predicted octanol–water partition coefficient (Wildman–Crippen LogP) is 3.13. The lowest BCUT2D eigenvalue weighted by Crippen LogP contribution is -2.34. The molecule has 0 aromatic rings. The van der Waals surface area contributed by atoms with Gasteiger partial charge in [0.15, 0.2) is 0 Å². The molecule has 0 aromatic carbocycles. The summed E-state index contributed by atoms with van der Waals surface area (Å²) in [5.74, 6) is 0.743. The van der Waals surface area contributed by atoms with Crippen LogP contribution in [-0.4, -0.2) is 23.4 Å². The van der Waals surface area contributed by atoms with E-state index in [9.17, 15) is 5.11 Å². The van der Waals surface area contributed by atoms with E-state index >= 15 is 0 Å². The molecule has 2 heteroatoms. The van der Waals surface area contributed by atoms with Gasteiger partial charge in [0, 0.05) is 0 Å². The SMILES string of the molecule is CC(C)CCC(C)OC1CCCCC1O. The van der Waals surface area contributed by atoms with E-state index in [-0.39, 0.29) is 12.2 Å². The van der Waals surface area contributed by atoms with E-state index < -0.39 is 0 Å². The fourth-order valence-corrected chi connectivity index (χ4v) is 2.17. The van der Waals surface area contributed by atoms with Crippen LogP contribution in [0.25, 0.3) is 0 Å². The molecule has 1 aliphatic carbocycles. The summed E-state index contributed by atoms with van der Waals surface area (Å²) in [6.07, 6.45) is 6.81. The van der Waals surface area contributed by atoms with Crippen molar-refractivity contribution < 1.29 is 9.84 Å². The quantitative estimate of drug-likeness (QED) is 0.762. The van der Waals surface area contributed by atoms with E-state index in [1.54, 1.807) is 0 Å². The van der Waals surface area contributed by atoms with Crippen LogP contribution >= 0.6 is 0 Å². The Kier molecular flexibility index (Phi) is 5.62. The minimum absolute atomic E-state index is 0.0981. The highest BCUT2D eigenvalue weighted by Crippen LogP contribution is 2.23. The van der Waals surface area contributed by atoms with Gasteiger partial charge >= 0.3 is 0 Å². The first-order valence-corrected chi connectivity index (χ1v) is 6.43. The maximum absolute atomic E-state index is 9.77. The zero-order valence-corrected chi connectivity index (χ0v) is 10.4. The van der Waals surface area contributed by atoms with Crippen molar-refractivity contribution in [2.75, 3.05) is 0 Å². The van der Waals surface area contributed by atoms with Crippen LogP contribution in [0.15, 0.2) is 0 Å². The van der Waals surface area contributed by atoms with Gasteiger partial charge in [-0.15, -0.1) is 0 Å². The Morgan fingerprint density at radius 2 is 1.80 bits per heavy atom. The molecule has 1 rings (SSSR count). The fourth-order valence-electron chi connectivity index (χ4n) is 2.17. The Balaban J connectivity index is 2.20. The largest absolute Gasteiger partial charge is 0.390 e. The van der Waals surface area contributed by atoms with Gasteiger partial charge in [-0.3, -0.25) is 0 Å². The van der Waals surface area contributed by atoms with Crippen LogP contribution in [0, 0.1) is 5.92 Å². The topological polar surface area (TPSA) is 29.5 Å². The molecule has 3 unspecified atom stereocenters. The molecule has 0 heterocycles. The first-order valence-electron chi connectivity index (χ1n) is 6.43. The molecule has 15 heavy (non-hydrogen) atoms. The molecular weight excluding hydrogens is 188 g/mol. The molecule has 90 valence electrons. The van der Waals surface area contributed by atoms with Gasteiger partial charge in [-0.25, -0.2) is 0 Å². The summed E-state index contributed by atoms with van der Waals surface area (Å²) in [5, 5.41) is 9.77. The van der Waals surface area contributed by atoms with Gasteiger partial charge in [0.2, 0.25) is 0 Å². The summed E-state index contributed by atoms with van der Waals surface area (Å²) >= 11 is 0. The first-order chi connectivity index (χ1) is 7.09. The monoisotopic (exact) mass is 214 g/mol. The van der Waals surface area contributed by atoms with Crippen molar-refractivity contribution in [3.63, 3.8) is 0 Å². The molecule has 0 aromatic heterocycles. The zero-order valence-electron chi connectivity index (χ0n) is 10.4. The molecule has 0 aliphatic heterocycles. The summed E-state index contributed by atoms with van der Waals surface area (Å²) in [7, 11) is 0. The van der Waals surface area contributed by atoms with Crippen LogP contribution in [0.4, 0.5) is 0 Å². The van der Waals surface area contributed by atoms with Gasteiger partial charge in [0.1, 0.15) is 0 Å². The number of aliphatic hydroxyl groups is 1. The highest BCUT2D eigenvalue weighted by atomic mass is 16.5. The molecule has 0 radical (unpaired) electrons. The van der Waals surface area contributed by atoms with E-state index in [0.29, 0.717) is 6.10 Å². The fraction of sp³-hybridized carbons (Fsp3) is 1.00. The van der Waals surface area contributed by atoms with Crippen molar-refractivity contribution in [2.45, 2.75) is 77.6 Å². The Morgan fingerprint density at radius 1 is 1.13 bits per heavy atom. The molecule has 0 spiro atoms. The number of aliphatic hydroxyl groups excluding tert-OH is 1. The molecule has 0 amide bonds. The molecule has 1 N–H and O–H groups in total. The zero-order chi connectivity index (χ0) is 11.3. The average molecular weight is 214 g/mol. The Bertz CT molecular complexity index is 168. The van der Waals surface area contributed by atoms with Crippen molar-refractivity contribution in [2.24, 2.45) is 5.92 Å². The van der Waals surface area contributed by atoms with Crippen molar-refractivity contribution in [3.8, 4) is 0 Å². The smallest absolute Gasteiger partial charge is 0.0837 e. The minimum Gasteiger partial charge on any atom is -0.390 e. The maximum Gasteiger partial charge on any atom is 0.0837 e. The lowest BCUT2D eigenvalue weighted by atomic mass is 9.94. The second-order valence-corrected chi connectivity index (χ2v) is 5.31. The van der Waals surface area contributed by atoms with Crippen LogP contribution in [-0.2, 0) is 4.74 Å². The number of hydrogen-bond acceptors (Lipinski definition) is 2. The van der Waals surface area contributed by atoms with Gasteiger partial charge in [0.25, 0.3) is 0 Å². The van der Waals surface area contributed by atoms with Crippen molar-refractivity contribution in [3.05, 3.63) is 0 Å². The highest BCUT2D eigenvalue weighted by Gasteiger charge is 2.25. The highest BCUT2D eigenvalue weighted by molar-refractivity contribution is 4.75. The van der Waals surface area contributed by atoms with Crippen LogP contribution in [0.3, 0.4) is 0 Å². The molecule has 2 nitrogen and oxygen atoms in total. The Hall–Kier alpha value is -0.0800. The van der Waals surface area contributed by atoms with E-state index in [2.05, 4.69) is 20.8 Å². The Morgan fingerprint density at radius 3 is 2.40 bits per heavy atom. The van der Waals surface area contributed by atoms with E-state index in [4.69, 9.17) is 4.74 Å². The van der Waals surface area contributed by atoms with Gasteiger partial charge in [-0.2, -0.15) is 0 Å². The molecule has 0 saturated heterocycles. The third-order valence-electron chi connectivity index (χ3n) is 3.23. The number of ether oxygens (including phenoxy) is 1. The minimum atomic E-state index is -0.222. The molecule has 1 aliphatic rings. The van der Waals surface area contributed by atoms with Gasteiger partial charge < -0.3 is 9.84 Å².